The lowest BCUT2D eigenvalue weighted by molar-refractivity contribution is 0.0792. The first-order valence-corrected chi connectivity index (χ1v) is 9.51. The van der Waals surface area contributed by atoms with E-state index < -0.39 is 0 Å². The number of nitrogens with one attached hydrogen (secondary N) is 2. The fourth-order valence-corrected chi connectivity index (χ4v) is 3.45. The first-order chi connectivity index (χ1) is 12.5. The molecule has 1 aliphatic heterocycles. The Bertz CT molecular complexity index is 833. The van der Waals surface area contributed by atoms with Crippen molar-refractivity contribution in [3.63, 3.8) is 0 Å². The largest absolute Gasteiger partial charge is 0.339 e. The van der Waals surface area contributed by atoms with Gasteiger partial charge in [0, 0.05) is 28.8 Å². The summed E-state index contributed by atoms with van der Waals surface area (Å²) in [4.78, 5) is 26.4. The Hall–Kier alpha value is -2.25. The van der Waals surface area contributed by atoms with Crippen LogP contribution in [0.3, 0.4) is 0 Å². The molecule has 2 aromatic carbocycles. The highest BCUT2D eigenvalue weighted by Crippen LogP contribution is 2.17. The van der Waals surface area contributed by atoms with Crippen LogP contribution in [0, 0.1) is 0 Å². The number of carbonyl (C=O) groups is 2. The second-order valence-corrected chi connectivity index (χ2v) is 7.23. The third kappa shape index (κ3) is 4.47. The van der Waals surface area contributed by atoms with E-state index in [4.69, 9.17) is 12.2 Å². The molecule has 0 atom stereocenters. The van der Waals surface area contributed by atoms with E-state index >= 15 is 0 Å². The van der Waals surface area contributed by atoms with E-state index in [1.165, 1.54) is 0 Å². The number of anilines is 1. The monoisotopic (exact) mass is 431 g/mol. The highest BCUT2D eigenvalue weighted by atomic mass is 79.9. The molecule has 1 heterocycles. The highest BCUT2D eigenvalue weighted by molar-refractivity contribution is 9.10. The molecule has 1 saturated heterocycles. The molecule has 26 heavy (non-hydrogen) atoms. The van der Waals surface area contributed by atoms with Crippen molar-refractivity contribution in [2.75, 3.05) is 18.4 Å². The van der Waals surface area contributed by atoms with Crippen LogP contribution in [0.5, 0.6) is 0 Å². The van der Waals surface area contributed by atoms with Crippen molar-refractivity contribution in [2.24, 2.45) is 0 Å². The Labute approximate surface area is 165 Å². The van der Waals surface area contributed by atoms with E-state index in [0.29, 0.717) is 21.3 Å². The zero-order chi connectivity index (χ0) is 18.5. The molecule has 7 heteroatoms. The molecule has 0 spiro atoms. The second kappa shape index (κ2) is 8.42. The molecular formula is C19H18BrN3O2S. The number of hydrogen-bond donors (Lipinski definition) is 2. The summed E-state index contributed by atoms with van der Waals surface area (Å²) in [5, 5.41) is 5.80. The summed E-state index contributed by atoms with van der Waals surface area (Å²) >= 11 is 8.54. The Morgan fingerprint density at radius 3 is 2.31 bits per heavy atom. The third-order valence-electron chi connectivity index (χ3n) is 4.13. The third-order valence-corrected chi connectivity index (χ3v) is 5.02. The van der Waals surface area contributed by atoms with Gasteiger partial charge in [0.25, 0.3) is 11.8 Å². The lowest BCUT2D eigenvalue weighted by Gasteiger charge is -2.15. The van der Waals surface area contributed by atoms with Crippen molar-refractivity contribution in [1.82, 2.24) is 10.2 Å². The number of carbonyl (C=O) groups excluding carboxylic acids is 2. The van der Waals surface area contributed by atoms with Crippen molar-refractivity contribution in [1.29, 1.82) is 0 Å². The van der Waals surface area contributed by atoms with Crippen molar-refractivity contribution < 1.29 is 9.59 Å². The average molecular weight is 432 g/mol. The van der Waals surface area contributed by atoms with E-state index in [9.17, 15) is 9.59 Å². The minimum Gasteiger partial charge on any atom is -0.339 e. The topological polar surface area (TPSA) is 61.4 Å². The van der Waals surface area contributed by atoms with Crippen LogP contribution in [0.2, 0.25) is 0 Å². The van der Waals surface area contributed by atoms with Crippen molar-refractivity contribution in [3.8, 4) is 0 Å². The van der Waals surface area contributed by atoms with Crippen molar-refractivity contribution >= 4 is 50.8 Å². The van der Waals surface area contributed by atoms with Crippen LogP contribution in [0.1, 0.15) is 33.6 Å². The van der Waals surface area contributed by atoms with Crippen LogP contribution >= 0.6 is 28.1 Å². The van der Waals surface area contributed by atoms with Crippen molar-refractivity contribution in [3.05, 3.63) is 64.1 Å². The first kappa shape index (κ1) is 18.5. The smallest absolute Gasteiger partial charge is 0.258 e. The van der Waals surface area contributed by atoms with E-state index in [0.717, 1.165) is 25.9 Å². The van der Waals surface area contributed by atoms with Crippen LogP contribution < -0.4 is 10.6 Å². The molecule has 2 amide bonds. The zero-order valence-electron chi connectivity index (χ0n) is 14.0. The Kier molecular flexibility index (Phi) is 6.00. The molecule has 2 aromatic rings. The van der Waals surface area contributed by atoms with Crippen LogP contribution in [-0.4, -0.2) is 34.9 Å². The molecule has 3 rings (SSSR count). The standard InChI is InChI=1S/C19H18BrN3O2S/c20-16-6-2-1-5-15(16)17(24)22-19(26)21-14-9-7-13(8-10-14)18(25)23-11-3-4-12-23/h1-2,5-10H,3-4,11-12H2,(H2,21,22,24,26). The Morgan fingerprint density at radius 1 is 1.00 bits per heavy atom. The number of halogens is 1. The quantitative estimate of drug-likeness (QED) is 0.725. The molecule has 2 N–H and O–H groups in total. The van der Waals surface area contributed by atoms with Gasteiger partial charge in [-0.15, -0.1) is 0 Å². The molecule has 134 valence electrons. The summed E-state index contributed by atoms with van der Waals surface area (Å²) in [5.41, 5.74) is 1.87. The molecule has 0 aliphatic carbocycles. The van der Waals surface area contributed by atoms with Crippen LogP contribution in [0.25, 0.3) is 0 Å². The molecular weight excluding hydrogens is 414 g/mol. The van der Waals surface area contributed by atoms with Gasteiger partial charge in [0.05, 0.1) is 5.56 Å². The number of amides is 2. The first-order valence-electron chi connectivity index (χ1n) is 8.31. The predicted octanol–water partition coefficient (Wildman–Crippen LogP) is 3.81. The SMILES string of the molecule is O=C(NC(=S)Nc1ccc(C(=O)N2CCCC2)cc1)c1ccccc1Br. The van der Waals surface area contributed by atoms with Crippen LogP contribution in [0.4, 0.5) is 5.69 Å². The summed E-state index contributed by atoms with van der Waals surface area (Å²) in [6, 6.07) is 14.2. The predicted molar refractivity (Wildman–Crippen MR) is 109 cm³/mol. The molecule has 0 unspecified atom stereocenters. The fourth-order valence-electron chi connectivity index (χ4n) is 2.78. The summed E-state index contributed by atoms with van der Waals surface area (Å²) in [6.07, 6.45) is 2.13. The summed E-state index contributed by atoms with van der Waals surface area (Å²) in [7, 11) is 0. The maximum Gasteiger partial charge on any atom is 0.258 e. The van der Waals surface area contributed by atoms with Gasteiger partial charge in [0.2, 0.25) is 0 Å². The number of likely N-dealkylation sites (tertiary alicyclic amines) is 1. The zero-order valence-corrected chi connectivity index (χ0v) is 16.4. The highest BCUT2D eigenvalue weighted by Gasteiger charge is 2.19. The van der Waals surface area contributed by atoms with Crippen molar-refractivity contribution in [2.45, 2.75) is 12.8 Å². The van der Waals surface area contributed by atoms with E-state index in [1.807, 2.05) is 11.0 Å². The molecule has 0 bridgehead atoms. The number of nitrogens with zero attached hydrogens (tertiary/aromatic N) is 1. The van der Waals surface area contributed by atoms with Gasteiger partial charge < -0.3 is 10.2 Å². The summed E-state index contributed by atoms with van der Waals surface area (Å²) in [6.45, 7) is 1.65. The fraction of sp³-hybridized carbons (Fsp3) is 0.211. The lowest BCUT2D eigenvalue weighted by atomic mass is 10.2. The van der Waals surface area contributed by atoms with Crippen LogP contribution in [0.15, 0.2) is 53.0 Å². The number of hydrogen-bond acceptors (Lipinski definition) is 3. The normalized spacial score (nSPS) is 13.3. The Balaban J connectivity index is 1.58. The van der Waals surface area contributed by atoms with Gasteiger partial charge in [0.15, 0.2) is 5.11 Å². The lowest BCUT2D eigenvalue weighted by Crippen LogP contribution is -2.34. The van der Waals surface area contributed by atoms with E-state index in [2.05, 4.69) is 26.6 Å². The van der Waals surface area contributed by atoms with Crippen LogP contribution in [-0.2, 0) is 0 Å². The number of rotatable bonds is 3. The second-order valence-electron chi connectivity index (χ2n) is 5.96. The van der Waals surface area contributed by atoms with Gasteiger partial charge in [-0.2, -0.15) is 0 Å². The van der Waals surface area contributed by atoms with Gasteiger partial charge in [0.1, 0.15) is 0 Å². The van der Waals surface area contributed by atoms with E-state index in [-0.39, 0.29) is 16.9 Å². The van der Waals surface area contributed by atoms with E-state index in [1.54, 1.807) is 42.5 Å². The molecule has 5 nitrogen and oxygen atoms in total. The maximum absolute atomic E-state index is 12.3. The minimum atomic E-state index is -0.296. The molecule has 0 radical (unpaired) electrons. The molecule has 1 aliphatic rings. The van der Waals surface area contributed by atoms with Gasteiger partial charge in [-0.25, -0.2) is 0 Å². The Morgan fingerprint density at radius 2 is 1.65 bits per heavy atom. The number of thiocarbonyl (C=S) groups is 1. The average Bonchev–Trinajstić information content (AvgIpc) is 3.16. The van der Waals surface area contributed by atoms with Gasteiger partial charge in [-0.3, -0.25) is 14.9 Å². The minimum absolute atomic E-state index is 0.0545. The summed E-state index contributed by atoms with van der Waals surface area (Å²) in [5.74, 6) is -0.241. The van der Waals surface area contributed by atoms with Gasteiger partial charge in [-0.05, 0) is 77.4 Å². The van der Waals surface area contributed by atoms with Gasteiger partial charge >= 0.3 is 0 Å². The number of benzene rings is 2. The maximum atomic E-state index is 12.3. The molecule has 0 saturated carbocycles. The molecule has 1 fully saturated rings. The summed E-state index contributed by atoms with van der Waals surface area (Å²) < 4.78 is 0.699. The van der Waals surface area contributed by atoms with Gasteiger partial charge in [-0.1, -0.05) is 12.1 Å². The molecule has 0 aromatic heterocycles.